The third kappa shape index (κ3) is 5.91. The number of nitrogens with zero attached hydrogens (tertiary/aromatic N) is 5. The Morgan fingerprint density at radius 1 is 1.28 bits per heavy atom. The van der Waals surface area contributed by atoms with Gasteiger partial charge in [0.2, 0.25) is 0 Å². The van der Waals surface area contributed by atoms with Crippen LogP contribution in [-0.2, 0) is 12.8 Å². The molecule has 1 aliphatic heterocycles. The molecule has 39 heavy (non-hydrogen) atoms. The molecule has 0 bridgehead atoms. The Hall–Kier alpha value is -3.12. The lowest BCUT2D eigenvalue weighted by Crippen LogP contribution is -2.34. The fourth-order valence-corrected chi connectivity index (χ4v) is 6.46. The Bertz CT molecular complexity index is 1400. The van der Waals surface area contributed by atoms with Gasteiger partial charge in [0.1, 0.15) is 0 Å². The zero-order valence-corrected chi connectivity index (χ0v) is 24.9. The number of anilines is 1. The number of allylic oxidation sites excluding steroid dienone is 3. The molecule has 0 unspecified atom stereocenters. The maximum Gasteiger partial charge on any atom is 0.253 e. The van der Waals surface area contributed by atoms with Gasteiger partial charge >= 0.3 is 0 Å². The first-order valence-electron chi connectivity index (χ1n) is 12.9. The number of aliphatic hydroxyl groups excluding tert-OH is 1. The molecule has 5 rings (SSSR count). The Labute approximate surface area is 241 Å². The average molecular weight is 613 g/mol. The first kappa shape index (κ1) is 28.9. The van der Waals surface area contributed by atoms with E-state index < -0.39 is 0 Å². The number of aryl methyl sites for hydroxylation is 1. The van der Waals surface area contributed by atoms with Gasteiger partial charge in [-0.2, -0.15) is 5.10 Å². The predicted molar refractivity (Wildman–Crippen MR) is 163 cm³/mol. The number of aliphatic imine (C=N–C) groups is 1. The number of benzene rings is 1. The number of aliphatic hydroxyl groups is 1. The molecule has 11 heteroatoms. The van der Waals surface area contributed by atoms with Crippen molar-refractivity contribution in [2.24, 2.45) is 4.99 Å². The number of thiazole rings is 1. The molecule has 9 nitrogen and oxygen atoms in total. The van der Waals surface area contributed by atoms with Gasteiger partial charge in [0.05, 0.1) is 27.6 Å². The molecule has 3 aromatic rings. The molecule has 1 aliphatic carbocycles. The van der Waals surface area contributed by atoms with Crippen LogP contribution in [0.5, 0.6) is 0 Å². The number of aromatic nitrogens is 3. The second-order valence-corrected chi connectivity index (χ2v) is 10.8. The molecule has 2 aliphatic rings. The summed E-state index contributed by atoms with van der Waals surface area (Å²) in [5.41, 5.74) is 6.60. The highest BCUT2D eigenvalue weighted by Gasteiger charge is 2.30. The monoisotopic (exact) mass is 611 g/mol. The molecule has 2 aromatic heterocycles. The third-order valence-electron chi connectivity index (χ3n) is 6.62. The number of rotatable bonds is 6. The maximum atomic E-state index is 13.2. The highest BCUT2D eigenvalue weighted by atomic mass is 79.9. The number of halogens is 1. The number of nitrogens with one attached hydrogen (secondary N) is 2. The molecular formula is C28H34BrN7O2S. The summed E-state index contributed by atoms with van der Waals surface area (Å²) < 4.78 is 2.79. The van der Waals surface area contributed by atoms with Gasteiger partial charge in [0.25, 0.3) is 5.91 Å². The van der Waals surface area contributed by atoms with Crippen molar-refractivity contribution in [2.75, 3.05) is 45.7 Å². The molecule has 0 spiro atoms. The van der Waals surface area contributed by atoms with Crippen LogP contribution in [0.2, 0.25) is 0 Å². The Balaban J connectivity index is 0.00000172. The summed E-state index contributed by atoms with van der Waals surface area (Å²) >= 11 is 5.40. The van der Waals surface area contributed by atoms with E-state index in [0.29, 0.717) is 12.1 Å². The van der Waals surface area contributed by atoms with Gasteiger partial charge in [-0.1, -0.05) is 23.5 Å². The molecule has 1 amide bonds. The summed E-state index contributed by atoms with van der Waals surface area (Å²) in [7, 11) is 2.89. The summed E-state index contributed by atoms with van der Waals surface area (Å²) in [5, 5.41) is 19.5. The van der Waals surface area contributed by atoms with Crippen LogP contribution in [0, 0.1) is 0 Å². The largest absolute Gasteiger partial charge is 0.400 e. The van der Waals surface area contributed by atoms with Crippen molar-refractivity contribution in [2.45, 2.75) is 26.2 Å². The summed E-state index contributed by atoms with van der Waals surface area (Å²) in [4.78, 5) is 25.1. The van der Waals surface area contributed by atoms with Crippen LogP contribution < -0.4 is 10.6 Å². The van der Waals surface area contributed by atoms with E-state index in [1.165, 1.54) is 0 Å². The van der Waals surface area contributed by atoms with Crippen molar-refractivity contribution in [3.63, 3.8) is 0 Å². The fraction of sp³-hybridized carbons (Fsp3) is 0.357. The van der Waals surface area contributed by atoms with Crippen molar-refractivity contribution in [1.82, 2.24) is 25.0 Å². The van der Waals surface area contributed by atoms with Crippen LogP contribution in [0.15, 0.2) is 46.0 Å². The number of carbonyl (C=O) groups is 1. The van der Waals surface area contributed by atoms with Gasteiger partial charge < -0.3 is 20.6 Å². The maximum absolute atomic E-state index is 13.2. The van der Waals surface area contributed by atoms with Crippen molar-refractivity contribution in [3.8, 4) is 16.3 Å². The normalized spacial score (nSPS) is 15.2. The molecule has 0 radical (unpaired) electrons. The summed E-state index contributed by atoms with van der Waals surface area (Å²) in [6.45, 7) is 8.89. The number of carbonyl (C=O) groups excluding carboxylic acids is 1. The molecule has 3 heterocycles. The van der Waals surface area contributed by atoms with Crippen molar-refractivity contribution in [1.29, 1.82) is 0 Å². The third-order valence-corrected chi connectivity index (χ3v) is 8.38. The van der Waals surface area contributed by atoms with Crippen LogP contribution in [0.1, 0.15) is 40.7 Å². The summed E-state index contributed by atoms with van der Waals surface area (Å²) in [6, 6.07) is 5.79. The van der Waals surface area contributed by atoms with Gasteiger partial charge in [0, 0.05) is 61.2 Å². The van der Waals surface area contributed by atoms with E-state index in [0.717, 1.165) is 94.4 Å². The van der Waals surface area contributed by atoms with Crippen LogP contribution in [0.3, 0.4) is 0 Å². The number of hydrogen-bond acceptors (Lipinski definition) is 8. The Kier molecular flexibility index (Phi) is 9.84. The Morgan fingerprint density at radius 3 is 2.82 bits per heavy atom. The second-order valence-electron chi connectivity index (χ2n) is 8.96. The quantitative estimate of drug-likeness (QED) is 0.279. The minimum absolute atomic E-state index is 0.0536. The van der Waals surface area contributed by atoms with E-state index in [4.69, 9.17) is 15.2 Å². The van der Waals surface area contributed by atoms with Crippen molar-refractivity contribution in [3.05, 3.63) is 63.5 Å². The average Bonchev–Trinajstić information content (AvgIpc) is 3.44. The van der Waals surface area contributed by atoms with Crippen molar-refractivity contribution < 1.29 is 9.90 Å². The molecule has 1 aromatic carbocycles. The number of hydrogen-bond donors (Lipinski definition) is 3. The molecule has 3 N–H and O–H groups in total. The van der Waals surface area contributed by atoms with E-state index >= 15 is 0 Å². The first-order valence-corrected chi connectivity index (χ1v) is 14.5. The molecular weight excluding hydrogens is 578 g/mol. The van der Waals surface area contributed by atoms with Crippen LogP contribution in [0.4, 0.5) is 5.13 Å². The number of fused-ring (bicyclic) bond motifs is 3. The molecule has 206 valence electrons. The van der Waals surface area contributed by atoms with Gasteiger partial charge in [-0.25, -0.2) is 9.67 Å². The smallest absolute Gasteiger partial charge is 0.253 e. The lowest BCUT2D eigenvalue weighted by atomic mass is 9.95. The van der Waals surface area contributed by atoms with Crippen LogP contribution in [0.25, 0.3) is 21.8 Å². The minimum Gasteiger partial charge on any atom is -0.400 e. The fourth-order valence-electron chi connectivity index (χ4n) is 4.89. The zero-order valence-electron chi connectivity index (χ0n) is 22.5. The van der Waals surface area contributed by atoms with E-state index in [1.807, 2.05) is 53.9 Å². The van der Waals surface area contributed by atoms with Gasteiger partial charge in [-0.05, 0) is 73.6 Å². The highest BCUT2D eigenvalue weighted by Crippen LogP contribution is 2.44. The summed E-state index contributed by atoms with van der Waals surface area (Å²) in [6.07, 6.45) is 8.38. The molecule has 0 saturated carbocycles. The van der Waals surface area contributed by atoms with Crippen LogP contribution >= 0.6 is 27.3 Å². The van der Waals surface area contributed by atoms with Crippen LogP contribution in [-0.4, -0.2) is 77.7 Å². The Morgan fingerprint density at radius 2 is 2.10 bits per heavy atom. The predicted octanol–water partition coefficient (Wildman–Crippen LogP) is 4.56. The SMILES string of the molecule is C=N/C=C(\C=C/C)c1nn(-c2ccc(C(=O)N3CCCNCC3)cc2Br)c2c1CCc1nc(NC)sc1-2.CO. The second kappa shape index (κ2) is 13.3. The molecule has 1 saturated heterocycles. The van der Waals surface area contributed by atoms with Gasteiger partial charge in [-0.3, -0.25) is 9.79 Å². The standard InChI is InChI=1S/C27H30BrN7OS.CH4O/c1-4-6-18(16-29-2)23-19-8-9-21-25(37-27(30-3)32-21)24(19)35(33-23)22-10-7-17(15-20(22)28)26(36)34-13-5-11-31-12-14-34;1-2/h4,6-7,10,15-16,31H,2,5,8-9,11-14H2,1,3H3,(H,30,32);2H,1H3/b6-4-,18-16+;. The van der Waals surface area contributed by atoms with E-state index in [2.05, 4.69) is 38.3 Å². The van der Waals surface area contributed by atoms with Crippen molar-refractivity contribution >= 4 is 50.6 Å². The lowest BCUT2D eigenvalue weighted by molar-refractivity contribution is 0.0766. The lowest BCUT2D eigenvalue weighted by Gasteiger charge is -2.20. The van der Waals surface area contributed by atoms with E-state index in [-0.39, 0.29) is 5.91 Å². The summed E-state index contributed by atoms with van der Waals surface area (Å²) in [5.74, 6) is 0.0536. The topological polar surface area (TPSA) is 108 Å². The first-order chi connectivity index (χ1) is 19.0. The molecule has 0 atom stereocenters. The zero-order chi connectivity index (χ0) is 27.9. The van der Waals surface area contributed by atoms with Gasteiger partial charge in [-0.15, -0.1) is 0 Å². The van der Waals surface area contributed by atoms with Gasteiger partial charge in [0.15, 0.2) is 5.13 Å². The number of amides is 1. The van der Waals surface area contributed by atoms with E-state index in [1.54, 1.807) is 17.5 Å². The molecule has 1 fully saturated rings. The highest BCUT2D eigenvalue weighted by molar-refractivity contribution is 9.10. The van der Waals surface area contributed by atoms with E-state index in [9.17, 15) is 4.79 Å². The minimum atomic E-state index is 0.0536.